The SMILES string of the molecule is Cc1nc(NC(=O)[C@H](C)Sc2nnc(COc3ccccc3)n2C)sc1C. The highest BCUT2D eigenvalue weighted by molar-refractivity contribution is 8.00. The van der Waals surface area contributed by atoms with Crippen LogP contribution in [0.5, 0.6) is 5.75 Å². The average molecular weight is 404 g/mol. The molecule has 0 fully saturated rings. The molecule has 0 bridgehead atoms. The van der Waals surface area contributed by atoms with Crippen LogP contribution in [0.25, 0.3) is 0 Å². The molecule has 2 aromatic heterocycles. The topological polar surface area (TPSA) is 81.9 Å². The Balaban J connectivity index is 1.58. The molecular weight excluding hydrogens is 382 g/mol. The van der Waals surface area contributed by atoms with Gasteiger partial charge in [0.05, 0.1) is 10.9 Å². The van der Waals surface area contributed by atoms with Gasteiger partial charge in [-0.15, -0.1) is 21.5 Å². The lowest BCUT2D eigenvalue weighted by Gasteiger charge is -2.10. The number of ether oxygens (including phenoxy) is 1. The fourth-order valence-corrected chi connectivity index (χ4v) is 3.83. The summed E-state index contributed by atoms with van der Waals surface area (Å²) in [6.45, 7) is 6.06. The molecule has 142 valence electrons. The lowest BCUT2D eigenvalue weighted by molar-refractivity contribution is -0.115. The molecule has 1 aromatic carbocycles. The minimum Gasteiger partial charge on any atom is -0.486 e. The van der Waals surface area contributed by atoms with Crippen molar-refractivity contribution in [1.29, 1.82) is 0 Å². The summed E-state index contributed by atoms with van der Waals surface area (Å²) in [6, 6.07) is 9.55. The number of nitrogens with zero attached hydrogens (tertiary/aromatic N) is 4. The molecule has 27 heavy (non-hydrogen) atoms. The Labute approximate surface area is 166 Å². The van der Waals surface area contributed by atoms with E-state index in [0.717, 1.165) is 16.3 Å². The Kier molecular flexibility index (Phi) is 6.12. The van der Waals surface area contributed by atoms with Crippen LogP contribution in [-0.4, -0.2) is 30.9 Å². The molecule has 0 radical (unpaired) electrons. The molecule has 0 aliphatic rings. The van der Waals surface area contributed by atoms with Crippen LogP contribution < -0.4 is 10.1 Å². The monoisotopic (exact) mass is 403 g/mol. The van der Waals surface area contributed by atoms with Crippen molar-refractivity contribution < 1.29 is 9.53 Å². The van der Waals surface area contributed by atoms with Crippen molar-refractivity contribution in [3.63, 3.8) is 0 Å². The highest BCUT2D eigenvalue weighted by atomic mass is 32.2. The quantitative estimate of drug-likeness (QED) is 0.607. The number of hydrogen-bond donors (Lipinski definition) is 1. The number of amides is 1. The van der Waals surface area contributed by atoms with E-state index in [9.17, 15) is 4.79 Å². The van der Waals surface area contributed by atoms with Crippen LogP contribution in [0, 0.1) is 13.8 Å². The van der Waals surface area contributed by atoms with Gasteiger partial charge in [0.2, 0.25) is 5.91 Å². The van der Waals surface area contributed by atoms with Crippen LogP contribution in [0.3, 0.4) is 0 Å². The molecule has 9 heteroatoms. The molecule has 0 spiro atoms. The van der Waals surface area contributed by atoms with Crippen LogP contribution in [0.15, 0.2) is 35.5 Å². The summed E-state index contributed by atoms with van der Waals surface area (Å²) in [6.07, 6.45) is 0. The summed E-state index contributed by atoms with van der Waals surface area (Å²) in [5.41, 5.74) is 0.937. The van der Waals surface area contributed by atoms with Crippen LogP contribution in [0.2, 0.25) is 0 Å². The van der Waals surface area contributed by atoms with Crippen LogP contribution in [0.4, 0.5) is 5.13 Å². The van der Waals surface area contributed by atoms with Gasteiger partial charge in [-0.3, -0.25) is 4.79 Å². The fourth-order valence-electron chi connectivity index (χ4n) is 2.18. The number of thioether (sulfide) groups is 1. The predicted octanol–water partition coefficient (Wildman–Crippen LogP) is 3.59. The number of thiazole rings is 1. The molecule has 1 amide bonds. The molecule has 7 nitrogen and oxygen atoms in total. The van der Waals surface area contributed by atoms with Gasteiger partial charge in [0.15, 0.2) is 16.1 Å². The highest BCUT2D eigenvalue weighted by Gasteiger charge is 2.20. The molecular formula is C18H21N5O2S2. The van der Waals surface area contributed by atoms with E-state index >= 15 is 0 Å². The third-order valence-corrected chi connectivity index (χ3v) is 6.07. The highest BCUT2D eigenvalue weighted by Crippen LogP contribution is 2.25. The number of benzene rings is 1. The van der Waals surface area contributed by atoms with Crippen molar-refractivity contribution in [2.24, 2.45) is 7.05 Å². The van der Waals surface area contributed by atoms with Crippen molar-refractivity contribution in [3.8, 4) is 5.75 Å². The molecule has 1 atom stereocenters. The van der Waals surface area contributed by atoms with Gasteiger partial charge in [-0.1, -0.05) is 30.0 Å². The first-order valence-electron chi connectivity index (χ1n) is 8.41. The number of nitrogens with one attached hydrogen (secondary N) is 1. The minimum absolute atomic E-state index is 0.112. The predicted molar refractivity (Wildman–Crippen MR) is 107 cm³/mol. The van der Waals surface area contributed by atoms with Gasteiger partial charge >= 0.3 is 0 Å². The van der Waals surface area contributed by atoms with Crippen molar-refractivity contribution in [2.75, 3.05) is 5.32 Å². The number of para-hydroxylation sites is 1. The average Bonchev–Trinajstić information content (AvgIpc) is 3.16. The maximum Gasteiger partial charge on any atom is 0.239 e. The summed E-state index contributed by atoms with van der Waals surface area (Å²) in [7, 11) is 1.87. The normalized spacial score (nSPS) is 12.0. The van der Waals surface area contributed by atoms with E-state index < -0.39 is 0 Å². The van der Waals surface area contributed by atoms with E-state index in [-0.39, 0.29) is 11.2 Å². The first-order valence-corrected chi connectivity index (χ1v) is 10.1. The second kappa shape index (κ2) is 8.53. The van der Waals surface area contributed by atoms with E-state index in [0.29, 0.717) is 22.7 Å². The van der Waals surface area contributed by atoms with Gasteiger partial charge in [0.25, 0.3) is 0 Å². The Morgan fingerprint density at radius 2 is 2.04 bits per heavy atom. The maximum atomic E-state index is 12.4. The molecule has 3 aromatic rings. The number of aryl methyl sites for hydroxylation is 2. The molecule has 0 saturated carbocycles. The van der Waals surface area contributed by atoms with Gasteiger partial charge in [0.1, 0.15) is 12.4 Å². The molecule has 0 aliphatic carbocycles. The maximum absolute atomic E-state index is 12.4. The van der Waals surface area contributed by atoms with Crippen LogP contribution in [-0.2, 0) is 18.4 Å². The Hall–Kier alpha value is -2.39. The second-order valence-electron chi connectivity index (χ2n) is 5.97. The smallest absolute Gasteiger partial charge is 0.239 e. The van der Waals surface area contributed by atoms with E-state index in [1.165, 1.54) is 23.1 Å². The number of carbonyl (C=O) groups is 1. The van der Waals surface area contributed by atoms with E-state index in [4.69, 9.17) is 4.74 Å². The first kappa shape index (κ1) is 19.4. The Morgan fingerprint density at radius 3 is 2.70 bits per heavy atom. The summed E-state index contributed by atoms with van der Waals surface area (Å²) in [5, 5.41) is 12.2. The van der Waals surface area contributed by atoms with E-state index in [1.54, 1.807) is 0 Å². The fraction of sp³-hybridized carbons (Fsp3) is 0.333. The molecule has 0 unspecified atom stereocenters. The lowest BCUT2D eigenvalue weighted by Crippen LogP contribution is -2.22. The van der Waals surface area contributed by atoms with Gasteiger partial charge in [-0.05, 0) is 32.9 Å². The third kappa shape index (κ3) is 4.86. The second-order valence-corrected chi connectivity index (χ2v) is 8.48. The molecule has 3 rings (SSSR count). The summed E-state index contributed by atoms with van der Waals surface area (Å²) in [4.78, 5) is 17.9. The van der Waals surface area contributed by atoms with Crippen molar-refractivity contribution in [2.45, 2.75) is 37.8 Å². The molecule has 0 aliphatic heterocycles. The standard InChI is InChI=1S/C18H21N5O2S2/c1-11-12(2)26-17(19-11)20-16(24)13(3)27-18-22-21-15(23(18)4)10-25-14-8-6-5-7-9-14/h5-9,13H,10H2,1-4H3,(H,19,20,24)/t13-/m0/s1. The van der Waals surface area contributed by atoms with Crippen molar-refractivity contribution >= 4 is 34.1 Å². The van der Waals surface area contributed by atoms with Crippen LogP contribution >= 0.6 is 23.1 Å². The Morgan fingerprint density at radius 1 is 1.30 bits per heavy atom. The number of rotatable bonds is 7. The van der Waals surface area contributed by atoms with Crippen molar-refractivity contribution in [3.05, 3.63) is 46.7 Å². The third-order valence-electron chi connectivity index (χ3n) is 3.95. The first-order chi connectivity index (χ1) is 12.9. The van der Waals surface area contributed by atoms with Gasteiger partial charge < -0.3 is 14.6 Å². The zero-order valence-electron chi connectivity index (χ0n) is 15.6. The van der Waals surface area contributed by atoms with Gasteiger partial charge in [-0.25, -0.2) is 4.98 Å². The van der Waals surface area contributed by atoms with Gasteiger partial charge in [0, 0.05) is 11.9 Å². The summed E-state index contributed by atoms with van der Waals surface area (Å²) < 4.78 is 7.55. The largest absolute Gasteiger partial charge is 0.486 e. The number of anilines is 1. The molecule has 0 saturated heterocycles. The number of hydrogen-bond acceptors (Lipinski definition) is 7. The number of aromatic nitrogens is 4. The summed E-state index contributed by atoms with van der Waals surface area (Å²) >= 11 is 2.83. The molecule has 2 heterocycles. The zero-order chi connectivity index (χ0) is 19.4. The lowest BCUT2D eigenvalue weighted by atomic mass is 10.3. The summed E-state index contributed by atoms with van der Waals surface area (Å²) in [5.74, 6) is 1.36. The minimum atomic E-state index is -0.333. The number of carbonyl (C=O) groups excluding carboxylic acids is 1. The van der Waals surface area contributed by atoms with Gasteiger partial charge in [-0.2, -0.15) is 0 Å². The molecule has 1 N–H and O–H groups in total. The van der Waals surface area contributed by atoms with Crippen molar-refractivity contribution in [1.82, 2.24) is 19.7 Å². The zero-order valence-corrected chi connectivity index (χ0v) is 17.2. The van der Waals surface area contributed by atoms with Crippen LogP contribution in [0.1, 0.15) is 23.3 Å². The van der Waals surface area contributed by atoms with E-state index in [1.807, 2.05) is 62.7 Å². The van der Waals surface area contributed by atoms with E-state index in [2.05, 4.69) is 20.5 Å². The Bertz CT molecular complexity index is 904.